The summed E-state index contributed by atoms with van der Waals surface area (Å²) in [5.74, 6) is -0.751. The van der Waals surface area contributed by atoms with Gasteiger partial charge >= 0.3 is 5.97 Å². The zero-order valence-electron chi connectivity index (χ0n) is 12.7. The number of carbonyl (C=O) groups excluding carboxylic acids is 1. The number of carboxylic acids is 1. The lowest BCUT2D eigenvalue weighted by Gasteiger charge is -2.30. The van der Waals surface area contributed by atoms with E-state index in [9.17, 15) is 9.59 Å². The van der Waals surface area contributed by atoms with Crippen LogP contribution in [0.4, 0.5) is 0 Å². The van der Waals surface area contributed by atoms with E-state index < -0.39 is 11.9 Å². The molecule has 0 spiro atoms. The molecule has 0 unspecified atom stereocenters. The molecule has 1 aromatic carbocycles. The van der Waals surface area contributed by atoms with Crippen molar-refractivity contribution in [3.8, 4) is 5.75 Å². The Hall–Kier alpha value is -2.08. The fraction of sp³-hybridized carbons (Fsp3) is 0.500. The lowest BCUT2D eigenvalue weighted by Crippen LogP contribution is -2.42. The van der Waals surface area contributed by atoms with Gasteiger partial charge in [-0.05, 0) is 37.1 Å². The van der Waals surface area contributed by atoms with Crippen molar-refractivity contribution in [3.05, 3.63) is 29.8 Å². The standard InChI is InChI=1S/C16H21NO5/c1-21-9-10-22-14-6-4-12(5-7-14)15(18)17-8-2-3-13(11-17)16(19)20/h4-7,13H,2-3,8-11H2,1H3,(H,19,20)/t13-/m0/s1. The lowest BCUT2D eigenvalue weighted by molar-refractivity contribution is -0.143. The highest BCUT2D eigenvalue weighted by Crippen LogP contribution is 2.20. The summed E-state index contributed by atoms with van der Waals surface area (Å²) in [6.45, 7) is 1.84. The fourth-order valence-corrected chi connectivity index (χ4v) is 2.48. The number of likely N-dealkylation sites (tertiary alicyclic amines) is 1. The first-order valence-electron chi connectivity index (χ1n) is 7.35. The van der Waals surface area contributed by atoms with Gasteiger partial charge in [-0.25, -0.2) is 0 Å². The average molecular weight is 307 g/mol. The minimum absolute atomic E-state index is 0.130. The van der Waals surface area contributed by atoms with E-state index in [-0.39, 0.29) is 12.5 Å². The van der Waals surface area contributed by atoms with Gasteiger partial charge in [-0.3, -0.25) is 9.59 Å². The van der Waals surface area contributed by atoms with Crippen LogP contribution in [0, 0.1) is 5.92 Å². The highest BCUT2D eigenvalue weighted by Gasteiger charge is 2.28. The minimum atomic E-state index is -0.834. The molecule has 1 amide bonds. The predicted molar refractivity (Wildman–Crippen MR) is 80.1 cm³/mol. The molecule has 0 radical (unpaired) electrons. The molecule has 1 N–H and O–H groups in total. The molecule has 2 rings (SSSR count). The van der Waals surface area contributed by atoms with Gasteiger partial charge in [0.15, 0.2) is 0 Å². The lowest BCUT2D eigenvalue weighted by atomic mass is 9.97. The topological polar surface area (TPSA) is 76.1 Å². The second-order valence-corrected chi connectivity index (χ2v) is 5.29. The fourth-order valence-electron chi connectivity index (χ4n) is 2.48. The van der Waals surface area contributed by atoms with Crippen LogP contribution in [-0.4, -0.2) is 55.3 Å². The number of carbonyl (C=O) groups is 2. The molecule has 120 valence electrons. The van der Waals surface area contributed by atoms with Crippen LogP contribution in [0.1, 0.15) is 23.2 Å². The van der Waals surface area contributed by atoms with Gasteiger partial charge in [0.1, 0.15) is 12.4 Å². The van der Waals surface area contributed by atoms with Gasteiger partial charge in [0, 0.05) is 25.8 Å². The Morgan fingerprint density at radius 3 is 2.64 bits per heavy atom. The second kappa shape index (κ2) is 7.79. The van der Waals surface area contributed by atoms with Crippen LogP contribution < -0.4 is 4.74 Å². The number of carboxylic acid groups (broad SMARTS) is 1. The Balaban J connectivity index is 1.95. The zero-order valence-corrected chi connectivity index (χ0v) is 12.7. The molecular weight excluding hydrogens is 286 g/mol. The van der Waals surface area contributed by atoms with Crippen LogP contribution >= 0.6 is 0 Å². The number of methoxy groups -OCH3 is 1. The van der Waals surface area contributed by atoms with Crippen molar-refractivity contribution in [1.29, 1.82) is 0 Å². The highest BCUT2D eigenvalue weighted by atomic mass is 16.5. The normalized spacial score (nSPS) is 18.0. The smallest absolute Gasteiger partial charge is 0.308 e. The molecule has 1 atom stereocenters. The van der Waals surface area contributed by atoms with E-state index in [4.69, 9.17) is 14.6 Å². The SMILES string of the molecule is COCCOc1ccc(C(=O)N2CCC[C@H](C(=O)O)C2)cc1. The first-order chi connectivity index (χ1) is 10.6. The number of hydrogen-bond acceptors (Lipinski definition) is 4. The largest absolute Gasteiger partial charge is 0.491 e. The van der Waals surface area contributed by atoms with Crippen LogP contribution in [0.5, 0.6) is 5.75 Å². The summed E-state index contributed by atoms with van der Waals surface area (Å²) in [7, 11) is 1.61. The average Bonchev–Trinajstić information content (AvgIpc) is 2.55. The summed E-state index contributed by atoms with van der Waals surface area (Å²) < 4.78 is 10.3. The Labute approximate surface area is 129 Å². The molecule has 1 aliphatic rings. The van der Waals surface area contributed by atoms with Crippen molar-refractivity contribution in [3.63, 3.8) is 0 Å². The number of amides is 1. The van der Waals surface area contributed by atoms with Crippen molar-refractivity contribution in [1.82, 2.24) is 4.90 Å². The Morgan fingerprint density at radius 1 is 1.27 bits per heavy atom. The van der Waals surface area contributed by atoms with Crippen molar-refractivity contribution >= 4 is 11.9 Å². The van der Waals surface area contributed by atoms with E-state index >= 15 is 0 Å². The quantitative estimate of drug-likeness (QED) is 0.809. The summed E-state index contributed by atoms with van der Waals surface area (Å²) in [5, 5.41) is 9.08. The van der Waals surface area contributed by atoms with Gasteiger partial charge in [-0.1, -0.05) is 0 Å². The Bertz CT molecular complexity index is 514. The number of rotatable bonds is 6. The second-order valence-electron chi connectivity index (χ2n) is 5.29. The first kappa shape index (κ1) is 16.3. The number of piperidine rings is 1. The molecule has 0 aliphatic carbocycles. The molecule has 6 nitrogen and oxygen atoms in total. The maximum Gasteiger partial charge on any atom is 0.308 e. The molecule has 1 fully saturated rings. The van der Waals surface area contributed by atoms with Gasteiger partial charge < -0.3 is 19.5 Å². The van der Waals surface area contributed by atoms with Crippen LogP contribution in [0.15, 0.2) is 24.3 Å². The van der Waals surface area contributed by atoms with Crippen LogP contribution in [-0.2, 0) is 9.53 Å². The number of benzene rings is 1. The van der Waals surface area contributed by atoms with Gasteiger partial charge in [0.05, 0.1) is 12.5 Å². The number of hydrogen-bond donors (Lipinski definition) is 1. The Kier molecular flexibility index (Phi) is 5.77. The highest BCUT2D eigenvalue weighted by molar-refractivity contribution is 5.94. The van der Waals surface area contributed by atoms with E-state index in [0.717, 1.165) is 6.42 Å². The van der Waals surface area contributed by atoms with E-state index in [1.807, 2.05) is 0 Å². The van der Waals surface area contributed by atoms with Crippen molar-refractivity contribution in [2.75, 3.05) is 33.4 Å². The van der Waals surface area contributed by atoms with Gasteiger partial charge in [-0.2, -0.15) is 0 Å². The third-order valence-corrected chi connectivity index (χ3v) is 3.72. The third kappa shape index (κ3) is 4.21. The summed E-state index contributed by atoms with van der Waals surface area (Å²) >= 11 is 0. The van der Waals surface area contributed by atoms with Crippen LogP contribution in [0.2, 0.25) is 0 Å². The van der Waals surface area contributed by atoms with E-state index in [2.05, 4.69) is 0 Å². The monoisotopic (exact) mass is 307 g/mol. The number of nitrogens with zero attached hydrogens (tertiary/aromatic N) is 1. The minimum Gasteiger partial charge on any atom is -0.491 e. The summed E-state index contributed by atoms with van der Waals surface area (Å²) in [5.41, 5.74) is 0.546. The molecule has 0 bridgehead atoms. The predicted octanol–water partition coefficient (Wildman–Crippen LogP) is 1.65. The van der Waals surface area contributed by atoms with E-state index in [0.29, 0.717) is 37.5 Å². The van der Waals surface area contributed by atoms with Crippen molar-refractivity contribution in [2.24, 2.45) is 5.92 Å². The zero-order chi connectivity index (χ0) is 15.9. The maximum atomic E-state index is 12.4. The molecule has 0 aromatic heterocycles. The van der Waals surface area contributed by atoms with E-state index in [1.54, 1.807) is 36.3 Å². The summed E-state index contributed by atoms with van der Waals surface area (Å²) in [4.78, 5) is 25.1. The molecular formula is C16H21NO5. The molecule has 6 heteroatoms. The third-order valence-electron chi connectivity index (χ3n) is 3.72. The van der Waals surface area contributed by atoms with Crippen molar-refractivity contribution in [2.45, 2.75) is 12.8 Å². The molecule has 1 saturated heterocycles. The molecule has 22 heavy (non-hydrogen) atoms. The van der Waals surface area contributed by atoms with Crippen LogP contribution in [0.3, 0.4) is 0 Å². The molecule has 1 heterocycles. The molecule has 0 saturated carbocycles. The van der Waals surface area contributed by atoms with Crippen LogP contribution in [0.25, 0.3) is 0 Å². The summed E-state index contributed by atoms with van der Waals surface area (Å²) in [6, 6.07) is 6.88. The van der Waals surface area contributed by atoms with Gasteiger partial charge in [0.2, 0.25) is 0 Å². The van der Waals surface area contributed by atoms with E-state index in [1.165, 1.54) is 0 Å². The number of aliphatic carboxylic acids is 1. The van der Waals surface area contributed by atoms with Gasteiger partial charge in [0.25, 0.3) is 5.91 Å². The molecule has 1 aromatic rings. The Morgan fingerprint density at radius 2 is 2.00 bits per heavy atom. The first-order valence-corrected chi connectivity index (χ1v) is 7.35. The summed E-state index contributed by atoms with van der Waals surface area (Å²) in [6.07, 6.45) is 1.35. The van der Waals surface area contributed by atoms with Gasteiger partial charge in [-0.15, -0.1) is 0 Å². The maximum absolute atomic E-state index is 12.4. The molecule has 1 aliphatic heterocycles. The van der Waals surface area contributed by atoms with Crippen molar-refractivity contribution < 1.29 is 24.2 Å². The number of ether oxygens (including phenoxy) is 2.